The summed E-state index contributed by atoms with van der Waals surface area (Å²) >= 11 is 14.4. The van der Waals surface area contributed by atoms with E-state index >= 15 is 0 Å². The number of aromatic hydroxyl groups is 1. The van der Waals surface area contributed by atoms with Crippen molar-refractivity contribution < 1.29 is 24.2 Å². The van der Waals surface area contributed by atoms with Gasteiger partial charge in [0.25, 0.3) is 11.8 Å². The van der Waals surface area contributed by atoms with Gasteiger partial charge in [-0.1, -0.05) is 41.4 Å². The molecule has 0 bridgehead atoms. The van der Waals surface area contributed by atoms with Crippen molar-refractivity contribution in [1.82, 2.24) is 4.90 Å². The van der Waals surface area contributed by atoms with Crippen LogP contribution in [0.2, 0.25) is 10.0 Å². The first-order chi connectivity index (χ1) is 18.2. The van der Waals surface area contributed by atoms with E-state index in [4.69, 9.17) is 32.7 Å². The van der Waals surface area contributed by atoms with E-state index in [1.54, 1.807) is 67.5 Å². The Morgan fingerprint density at radius 3 is 2.37 bits per heavy atom. The van der Waals surface area contributed by atoms with Gasteiger partial charge in [0.1, 0.15) is 11.8 Å². The van der Waals surface area contributed by atoms with Crippen molar-refractivity contribution in [3.05, 3.63) is 91.0 Å². The lowest BCUT2D eigenvalue weighted by Gasteiger charge is -2.36. The fourth-order valence-electron chi connectivity index (χ4n) is 4.56. The maximum Gasteiger partial charge on any atom is 0.257 e. The van der Waals surface area contributed by atoms with E-state index in [0.717, 1.165) is 3.57 Å². The van der Waals surface area contributed by atoms with E-state index < -0.39 is 12.1 Å². The average Bonchev–Trinajstić information content (AvgIpc) is 2.97. The molecule has 3 aromatic rings. The molecule has 0 unspecified atom stereocenters. The maximum atomic E-state index is 14.4. The number of fused-ring (bicyclic) bond motifs is 1. The third-order valence-corrected chi connectivity index (χ3v) is 7.59. The van der Waals surface area contributed by atoms with Gasteiger partial charge in [-0.15, -0.1) is 0 Å². The molecule has 4 rings (SSSR count). The summed E-state index contributed by atoms with van der Waals surface area (Å²) in [6.45, 7) is 3.10. The molecule has 1 aliphatic rings. The molecule has 1 N–H and O–H groups in total. The number of anilines is 1. The van der Waals surface area contributed by atoms with Crippen LogP contribution in [0.25, 0.3) is 0 Å². The third-order valence-electron chi connectivity index (χ3n) is 6.43. The number of methoxy groups -OCH3 is 1. The van der Waals surface area contributed by atoms with Gasteiger partial charge >= 0.3 is 0 Å². The van der Waals surface area contributed by atoms with Crippen LogP contribution >= 0.6 is 45.8 Å². The van der Waals surface area contributed by atoms with Gasteiger partial charge in [-0.2, -0.15) is 0 Å². The van der Waals surface area contributed by atoms with Crippen LogP contribution in [0.4, 0.5) is 5.69 Å². The molecule has 0 radical (unpaired) electrons. The molecule has 0 aliphatic carbocycles. The normalized spacial score (nSPS) is 16.4. The van der Waals surface area contributed by atoms with Gasteiger partial charge < -0.3 is 24.4 Å². The lowest BCUT2D eigenvalue weighted by atomic mass is 9.98. The second kappa shape index (κ2) is 12.7. The number of rotatable bonds is 9. The topological polar surface area (TPSA) is 79.3 Å². The average molecular weight is 669 g/mol. The van der Waals surface area contributed by atoms with Crippen molar-refractivity contribution in [3.8, 4) is 5.75 Å². The van der Waals surface area contributed by atoms with Crippen LogP contribution in [0.5, 0.6) is 5.75 Å². The van der Waals surface area contributed by atoms with Crippen molar-refractivity contribution >= 4 is 63.3 Å². The predicted molar refractivity (Wildman–Crippen MR) is 156 cm³/mol. The first-order valence-corrected chi connectivity index (χ1v) is 13.8. The minimum Gasteiger partial charge on any atom is -0.508 e. The van der Waals surface area contributed by atoms with Crippen LogP contribution in [0.3, 0.4) is 0 Å². The molecule has 7 nitrogen and oxygen atoms in total. The number of hydrogen-bond acceptors (Lipinski definition) is 5. The molecule has 0 fully saturated rings. The summed E-state index contributed by atoms with van der Waals surface area (Å²) in [4.78, 5) is 31.8. The summed E-state index contributed by atoms with van der Waals surface area (Å²) in [5.41, 5.74) is 1.96. The molecule has 10 heteroatoms. The van der Waals surface area contributed by atoms with Crippen LogP contribution in [0.15, 0.2) is 60.7 Å². The Morgan fingerprint density at radius 2 is 1.68 bits per heavy atom. The van der Waals surface area contributed by atoms with Crippen LogP contribution in [-0.2, 0) is 14.3 Å². The van der Waals surface area contributed by atoms with E-state index in [0.29, 0.717) is 45.6 Å². The molecule has 3 aromatic carbocycles. The molecule has 1 heterocycles. The van der Waals surface area contributed by atoms with E-state index in [2.05, 4.69) is 22.6 Å². The summed E-state index contributed by atoms with van der Waals surface area (Å²) in [5.74, 6) is -0.691. The van der Waals surface area contributed by atoms with Gasteiger partial charge in [-0.05, 0) is 77.5 Å². The minimum atomic E-state index is -0.992. The van der Waals surface area contributed by atoms with Gasteiger partial charge in [0.2, 0.25) is 0 Å². The monoisotopic (exact) mass is 668 g/mol. The number of amides is 2. The Bertz CT molecular complexity index is 1320. The SMILES string of the molecule is COCCOCCN1C(=O)[C@H](c2ccc(Cl)cc2)N([C@H](C)c2ccc(Cl)cc2O)C(=O)c2cc(I)ccc21. The number of halogens is 3. The molecule has 38 heavy (non-hydrogen) atoms. The van der Waals surface area contributed by atoms with Crippen molar-refractivity contribution in [1.29, 1.82) is 0 Å². The van der Waals surface area contributed by atoms with Gasteiger partial charge in [0, 0.05) is 32.8 Å². The zero-order valence-electron chi connectivity index (χ0n) is 20.9. The Hall–Kier alpha value is -2.37. The summed E-state index contributed by atoms with van der Waals surface area (Å²) in [7, 11) is 1.59. The third kappa shape index (κ3) is 6.10. The summed E-state index contributed by atoms with van der Waals surface area (Å²) in [6.07, 6.45) is 0. The number of carbonyl (C=O) groups is 2. The summed E-state index contributed by atoms with van der Waals surface area (Å²) < 4.78 is 11.6. The highest BCUT2D eigenvalue weighted by molar-refractivity contribution is 14.1. The molecule has 0 saturated heterocycles. The zero-order valence-corrected chi connectivity index (χ0v) is 24.5. The molecular weight excluding hydrogens is 642 g/mol. The number of phenols is 1. The highest BCUT2D eigenvalue weighted by Gasteiger charge is 2.43. The maximum absolute atomic E-state index is 14.4. The largest absolute Gasteiger partial charge is 0.508 e. The smallest absolute Gasteiger partial charge is 0.257 e. The zero-order chi connectivity index (χ0) is 27.4. The highest BCUT2D eigenvalue weighted by atomic mass is 127. The second-order valence-corrected chi connectivity index (χ2v) is 10.9. The molecule has 1 aliphatic heterocycles. The molecule has 0 saturated carbocycles. The fraction of sp³-hybridized carbons (Fsp3) is 0.286. The van der Waals surface area contributed by atoms with Gasteiger partial charge in [-0.25, -0.2) is 0 Å². The highest BCUT2D eigenvalue weighted by Crippen LogP contribution is 2.42. The Labute approximate surface area is 245 Å². The minimum absolute atomic E-state index is 0.0596. The Morgan fingerprint density at radius 1 is 0.974 bits per heavy atom. The van der Waals surface area contributed by atoms with Gasteiger partial charge in [0.05, 0.1) is 37.1 Å². The number of benzene rings is 3. The standard InChI is InChI=1S/C28H27Cl2IN2O5/c1-17(22-9-7-20(30)15-25(22)34)33-26(18-3-5-19(29)6-4-18)28(36)32(11-12-38-14-13-37-2)24-10-8-21(31)16-23(24)27(33)35/h3-10,15-17,26,34H,11-14H2,1-2H3/t17-,26+/m1/s1. The van der Waals surface area contributed by atoms with Crippen molar-refractivity contribution in [3.63, 3.8) is 0 Å². The van der Waals surface area contributed by atoms with Gasteiger partial charge in [-0.3, -0.25) is 9.59 Å². The summed E-state index contributed by atoms with van der Waals surface area (Å²) in [5, 5.41) is 11.6. The second-order valence-electron chi connectivity index (χ2n) is 8.80. The number of hydrogen-bond donors (Lipinski definition) is 1. The van der Waals surface area contributed by atoms with Crippen molar-refractivity contribution in [2.75, 3.05) is 38.4 Å². The van der Waals surface area contributed by atoms with E-state index in [-0.39, 0.29) is 30.7 Å². The first-order valence-electron chi connectivity index (χ1n) is 12.0. The van der Waals surface area contributed by atoms with Crippen molar-refractivity contribution in [2.24, 2.45) is 0 Å². The number of ether oxygens (including phenoxy) is 2. The number of nitrogens with zero attached hydrogens (tertiary/aromatic N) is 2. The number of carbonyl (C=O) groups excluding carboxylic acids is 2. The lowest BCUT2D eigenvalue weighted by molar-refractivity contribution is -0.124. The number of phenolic OH excluding ortho intramolecular Hbond substituents is 1. The van der Waals surface area contributed by atoms with Crippen molar-refractivity contribution in [2.45, 2.75) is 19.0 Å². The quantitative estimate of drug-likeness (QED) is 0.215. The lowest BCUT2D eigenvalue weighted by Crippen LogP contribution is -2.44. The molecular formula is C28H27Cl2IN2O5. The molecule has 200 valence electrons. The molecule has 0 aromatic heterocycles. The van der Waals surface area contributed by atoms with Crippen LogP contribution < -0.4 is 4.90 Å². The van der Waals surface area contributed by atoms with Crippen LogP contribution in [0, 0.1) is 3.57 Å². The molecule has 2 atom stereocenters. The molecule has 2 amide bonds. The van der Waals surface area contributed by atoms with E-state index in [1.807, 2.05) is 6.07 Å². The first kappa shape index (κ1) is 28.6. The fourth-order valence-corrected chi connectivity index (χ4v) is 5.34. The Balaban J connectivity index is 1.86. The summed E-state index contributed by atoms with van der Waals surface area (Å²) in [6, 6.07) is 15.4. The Kier molecular flexibility index (Phi) is 9.54. The van der Waals surface area contributed by atoms with Gasteiger partial charge in [0.15, 0.2) is 0 Å². The molecule has 0 spiro atoms. The van der Waals surface area contributed by atoms with Crippen LogP contribution in [-0.4, -0.2) is 55.3 Å². The van der Waals surface area contributed by atoms with Crippen LogP contribution in [0.1, 0.15) is 40.5 Å². The van der Waals surface area contributed by atoms with E-state index in [9.17, 15) is 14.7 Å². The van der Waals surface area contributed by atoms with E-state index in [1.165, 1.54) is 11.0 Å². The predicted octanol–water partition coefficient (Wildman–Crippen LogP) is 6.26.